The molecule has 0 bridgehead atoms. The number of benzene rings is 1. The molecule has 1 atom stereocenters. The van der Waals surface area contributed by atoms with Crippen LogP contribution >= 0.6 is 0 Å². The van der Waals surface area contributed by atoms with Crippen LogP contribution in [-0.4, -0.2) is 42.7 Å². The van der Waals surface area contributed by atoms with E-state index in [1.54, 1.807) is 12.3 Å². The van der Waals surface area contributed by atoms with Crippen molar-refractivity contribution in [3.8, 4) is 5.75 Å². The van der Waals surface area contributed by atoms with Crippen molar-refractivity contribution in [2.24, 2.45) is 11.1 Å². The molecule has 0 N–H and O–H groups in total. The Morgan fingerprint density at radius 1 is 1.23 bits per heavy atom. The second kappa shape index (κ2) is 10.1. The molecule has 0 spiro atoms. The molecule has 0 radical (unpaired) electrons. The molecule has 30 heavy (non-hydrogen) atoms. The molecular formula is C21H23F3N4O2. The van der Waals surface area contributed by atoms with Gasteiger partial charge in [0.15, 0.2) is 11.5 Å². The van der Waals surface area contributed by atoms with Gasteiger partial charge >= 0.3 is 6.18 Å². The average molecular weight is 420 g/mol. The van der Waals surface area contributed by atoms with E-state index in [0.717, 1.165) is 31.0 Å². The minimum Gasteiger partial charge on any atom is -0.493 e. The van der Waals surface area contributed by atoms with Gasteiger partial charge in [0.2, 0.25) is 0 Å². The van der Waals surface area contributed by atoms with Crippen molar-refractivity contribution in [1.82, 2.24) is 10.2 Å². The molecule has 1 fully saturated rings. The molecule has 2 heterocycles. The van der Waals surface area contributed by atoms with Gasteiger partial charge in [0, 0.05) is 19.0 Å². The molecule has 160 valence electrons. The lowest BCUT2D eigenvalue weighted by Gasteiger charge is -2.33. The van der Waals surface area contributed by atoms with Crippen molar-refractivity contribution in [1.29, 1.82) is 0 Å². The van der Waals surface area contributed by atoms with Crippen molar-refractivity contribution < 1.29 is 22.7 Å². The van der Waals surface area contributed by atoms with Gasteiger partial charge in [-0.2, -0.15) is 13.2 Å². The van der Waals surface area contributed by atoms with E-state index in [1.165, 1.54) is 6.07 Å². The largest absolute Gasteiger partial charge is 0.493 e. The van der Waals surface area contributed by atoms with Gasteiger partial charge in [-0.25, -0.2) is 0 Å². The number of halogens is 3. The number of oxime groups is 1. The van der Waals surface area contributed by atoms with Gasteiger partial charge in [-0.1, -0.05) is 29.9 Å². The van der Waals surface area contributed by atoms with Crippen molar-refractivity contribution in [2.45, 2.75) is 19.0 Å². The first-order chi connectivity index (χ1) is 14.5. The first-order valence-electron chi connectivity index (χ1n) is 9.60. The van der Waals surface area contributed by atoms with Crippen LogP contribution in [0.1, 0.15) is 24.1 Å². The maximum Gasteiger partial charge on any atom is 0.435 e. The SMILES string of the molecule is C=CCON=Cc1cccc(OCC2CCCN(c3ccc(C(F)(F)F)nn3)C2)c1. The fourth-order valence-electron chi connectivity index (χ4n) is 3.15. The van der Waals surface area contributed by atoms with Crippen LogP contribution in [0.25, 0.3) is 0 Å². The van der Waals surface area contributed by atoms with Gasteiger partial charge in [0.1, 0.15) is 12.4 Å². The van der Waals surface area contributed by atoms with Crippen molar-refractivity contribution >= 4 is 12.0 Å². The average Bonchev–Trinajstić information content (AvgIpc) is 2.75. The zero-order chi connectivity index (χ0) is 21.4. The lowest BCUT2D eigenvalue weighted by atomic mass is 9.99. The molecule has 0 aliphatic carbocycles. The number of ether oxygens (including phenoxy) is 1. The van der Waals surface area contributed by atoms with Crippen molar-refractivity contribution in [3.63, 3.8) is 0 Å². The first kappa shape index (κ1) is 21.6. The Kier molecular flexibility index (Phi) is 7.26. The van der Waals surface area contributed by atoms with E-state index in [4.69, 9.17) is 9.57 Å². The normalized spacial score (nSPS) is 17.2. The molecule has 3 rings (SSSR count). The molecule has 9 heteroatoms. The van der Waals surface area contributed by atoms with E-state index >= 15 is 0 Å². The van der Waals surface area contributed by atoms with Crippen molar-refractivity contribution in [2.75, 3.05) is 31.2 Å². The second-order valence-electron chi connectivity index (χ2n) is 6.93. The molecule has 2 aromatic rings. The van der Waals surface area contributed by atoms with Gasteiger partial charge in [0.05, 0.1) is 12.8 Å². The summed E-state index contributed by atoms with van der Waals surface area (Å²) in [7, 11) is 0. The number of alkyl halides is 3. The summed E-state index contributed by atoms with van der Waals surface area (Å²) in [6.45, 7) is 5.77. The smallest absolute Gasteiger partial charge is 0.435 e. The van der Waals surface area contributed by atoms with Gasteiger partial charge in [-0.05, 0) is 42.7 Å². The van der Waals surface area contributed by atoms with Crippen LogP contribution in [-0.2, 0) is 11.0 Å². The minimum absolute atomic E-state index is 0.232. The van der Waals surface area contributed by atoms with Gasteiger partial charge < -0.3 is 14.5 Å². The molecule has 6 nitrogen and oxygen atoms in total. The fourth-order valence-corrected chi connectivity index (χ4v) is 3.15. The number of nitrogens with zero attached hydrogens (tertiary/aromatic N) is 4. The highest BCUT2D eigenvalue weighted by molar-refractivity contribution is 5.79. The van der Waals surface area contributed by atoms with Crippen molar-refractivity contribution in [3.05, 3.63) is 60.3 Å². The Bertz CT molecular complexity index is 856. The Hall–Kier alpha value is -3.10. The topological polar surface area (TPSA) is 59.8 Å². The highest BCUT2D eigenvalue weighted by Crippen LogP contribution is 2.28. The summed E-state index contributed by atoms with van der Waals surface area (Å²) in [5.74, 6) is 1.40. The Morgan fingerprint density at radius 3 is 2.83 bits per heavy atom. The van der Waals surface area contributed by atoms with Gasteiger partial charge in [0.25, 0.3) is 0 Å². The first-order valence-corrected chi connectivity index (χ1v) is 9.60. The molecule has 1 aromatic carbocycles. The fraction of sp³-hybridized carbons (Fsp3) is 0.381. The van der Waals surface area contributed by atoms with Crippen LogP contribution in [0.5, 0.6) is 5.75 Å². The molecule has 0 amide bonds. The van der Waals surface area contributed by atoms with Crippen LogP contribution in [0.3, 0.4) is 0 Å². The standard InChI is InChI=1S/C21H23F3N4O2/c1-2-11-30-25-13-16-5-3-7-18(12-16)29-15-17-6-4-10-28(14-17)20-9-8-19(26-27-20)21(22,23)24/h2-3,5,7-9,12-13,17H,1,4,6,10-11,14-15H2. The highest BCUT2D eigenvalue weighted by atomic mass is 19.4. The third-order valence-electron chi connectivity index (χ3n) is 4.60. The van der Waals surface area contributed by atoms with E-state index in [9.17, 15) is 13.2 Å². The number of rotatable bonds is 8. The number of hydrogen-bond donors (Lipinski definition) is 0. The van der Waals surface area contributed by atoms with Crippen LogP contribution in [0.4, 0.5) is 19.0 Å². The molecule has 1 aliphatic rings. The molecule has 1 saturated heterocycles. The summed E-state index contributed by atoms with van der Waals surface area (Å²) in [6, 6.07) is 9.82. The third-order valence-corrected chi connectivity index (χ3v) is 4.60. The quantitative estimate of drug-likeness (QED) is 0.275. The summed E-state index contributed by atoms with van der Waals surface area (Å²) in [4.78, 5) is 6.94. The second-order valence-corrected chi connectivity index (χ2v) is 6.93. The number of piperidine rings is 1. The zero-order valence-electron chi connectivity index (χ0n) is 16.4. The zero-order valence-corrected chi connectivity index (χ0v) is 16.4. The Balaban J connectivity index is 1.54. The molecular weight excluding hydrogens is 397 g/mol. The monoisotopic (exact) mass is 420 g/mol. The summed E-state index contributed by atoms with van der Waals surface area (Å²) >= 11 is 0. The minimum atomic E-state index is -4.49. The number of anilines is 1. The third kappa shape index (κ3) is 6.20. The predicted molar refractivity (Wildman–Crippen MR) is 108 cm³/mol. The molecule has 1 unspecified atom stereocenters. The van der Waals surface area contributed by atoms with E-state index in [-0.39, 0.29) is 5.92 Å². The number of hydrogen-bond acceptors (Lipinski definition) is 6. The Labute approximate surface area is 173 Å². The van der Waals surface area contributed by atoms with Crippen LogP contribution in [0.15, 0.2) is 54.2 Å². The Morgan fingerprint density at radius 2 is 2.10 bits per heavy atom. The summed E-state index contributed by atoms with van der Waals surface area (Å²) < 4.78 is 43.9. The maximum atomic E-state index is 12.7. The molecule has 1 aromatic heterocycles. The van der Waals surface area contributed by atoms with Crippen LogP contribution in [0, 0.1) is 5.92 Å². The van der Waals surface area contributed by atoms with Gasteiger partial charge in [-0.15, -0.1) is 10.2 Å². The summed E-state index contributed by atoms with van der Waals surface area (Å²) in [5, 5.41) is 10.9. The summed E-state index contributed by atoms with van der Waals surface area (Å²) in [6.07, 6.45) is 0.606. The highest BCUT2D eigenvalue weighted by Gasteiger charge is 2.33. The maximum absolute atomic E-state index is 12.7. The lowest BCUT2D eigenvalue weighted by Crippen LogP contribution is -2.38. The lowest BCUT2D eigenvalue weighted by molar-refractivity contribution is -0.141. The van der Waals surface area contributed by atoms with E-state index in [1.807, 2.05) is 29.2 Å². The van der Waals surface area contributed by atoms with Gasteiger partial charge in [-0.3, -0.25) is 0 Å². The van der Waals surface area contributed by atoms with E-state index in [2.05, 4.69) is 21.9 Å². The predicted octanol–water partition coefficient (Wildman–Crippen LogP) is 4.33. The summed E-state index contributed by atoms with van der Waals surface area (Å²) in [5.41, 5.74) is -0.136. The van der Waals surface area contributed by atoms with Crippen LogP contribution in [0.2, 0.25) is 0 Å². The molecule has 0 saturated carbocycles. The van der Waals surface area contributed by atoms with E-state index < -0.39 is 11.9 Å². The van der Waals surface area contributed by atoms with Crippen LogP contribution < -0.4 is 9.64 Å². The number of aromatic nitrogens is 2. The van der Waals surface area contributed by atoms with E-state index in [0.29, 0.717) is 31.3 Å². The molecule has 1 aliphatic heterocycles.